The van der Waals surface area contributed by atoms with Crippen LogP contribution in [0.2, 0.25) is 0 Å². The van der Waals surface area contributed by atoms with E-state index in [1.54, 1.807) is 7.11 Å². The Morgan fingerprint density at radius 3 is 2.05 bits per heavy atom. The van der Waals surface area contributed by atoms with E-state index in [-0.39, 0.29) is 28.2 Å². The van der Waals surface area contributed by atoms with Crippen LogP contribution in [0.25, 0.3) is 10.9 Å². The highest BCUT2D eigenvalue weighted by Gasteiger charge is 2.49. The lowest BCUT2D eigenvalue weighted by Gasteiger charge is -2.49. The Hall–Kier alpha value is -3.51. The molecule has 6 rings (SSSR count). The molecule has 220 valence electrons. The molecule has 0 saturated carbocycles. The van der Waals surface area contributed by atoms with Gasteiger partial charge in [-0.25, -0.2) is 4.39 Å². The van der Waals surface area contributed by atoms with E-state index in [2.05, 4.69) is 55.5 Å². The molecule has 3 aliphatic rings. The minimum atomic E-state index is -0.403. The van der Waals surface area contributed by atoms with Gasteiger partial charge in [0.25, 0.3) is 0 Å². The first kappa shape index (κ1) is 28.6. The molecule has 0 amide bonds. The molecule has 0 spiro atoms. The van der Waals surface area contributed by atoms with Crippen LogP contribution < -0.4 is 0 Å². The maximum absolute atomic E-state index is 14.2. The summed E-state index contributed by atoms with van der Waals surface area (Å²) in [6.07, 6.45) is 5.45. The van der Waals surface area contributed by atoms with Crippen molar-refractivity contribution in [1.29, 1.82) is 0 Å². The highest BCUT2D eigenvalue weighted by atomic mass is 19.1. The minimum Gasteiger partial charge on any atom is -0.385 e. The molecular weight excluding hydrogens is 527 g/mol. The van der Waals surface area contributed by atoms with Crippen molar-refractivity contribution in [1.82, 2.24) is 9.47 Å². The van der Waals surface area contributed by atoms with Crippen LogP contribution in [0.15, 0.2) is 77.3 Å². The molecule has 0 radical (unpaired) electrons. The minimum absolute atomic E-state index is 0.141. The van der Waals surface area contributed by atoms with Gasteiger partial charge in [0.2, 0.25) is 0 Å². The van der Waals surface area contributed by atoms with Crippen molar-refractivity contribution in [2.45, 2.75) is 72.3 Å². The van der Waals surface area contributed by atoms with Crippen molar-refractivity contribution in [2.24, 2.45) is 10.8 Å². The van der Waals surface area contributed by atoms with Gasteiger partial charge in [-0.1, -0.05) is 58.0 Å². The second kappa shape index (κ2) is 10.6. The topological polar surface area (TPSA) is 51.5 Å². The number of fused-ring (bicyclic) bond motifs is 1. The van der Waals surface area contributed by atoms with E-state index >= 15 is 0 Å². The van der Waals surface area contributed by atoms with Gasteiger partial charge in [-0.15, -0.1) is 0 Å². The van der Waals surface area contributed by atoms with Crippen LogP contribution >= 0.6 is 0 Å². The molecule has 1 aromatic heterocycles. The number of ether oxygens (including phenoxy) is 1. The summed E-state index contributed by atoms with van der Waals surface area (Å²) in [5.74, 6) is -0.379. The largest absolute Gasteiger partial charge is 0.385 e. The third-order valence-electron chi connectivity index (χ3n) is 9.15. The van der Waals surface area contributed by atoms with Gasteiger partial charge in [-0.05, 0) is 59.4 Å². The van der Waals surface area contributed by atoms with Gasteiger partial charge in [0.05, 0.1) is 0 Å². The number of nitrogens with zero attached hydrogens (tertiary/aromatic N) is 2. The van der Waals surface area contributed by atoms with Gasteiger partial charge in [0.15, 0.2) is 11.6 Å². The molecule has 0 bridgehead atoms. The lowest BCUT2D eigenvalue weighted by molar-refractivity contribution is -0.119. The lowest BCUT2D eigenvalue weighted by Crippen LogP contribution is -2.44. The molecule has 1 aliphatic heterocycles. The number of hydrogen-bond donors (Lipinski definition) is 0. The maximum Gasteiger partial charge on any atom is 0.162 e. The molecule has 0 N–H and O–H groups in total. The second-order valence-corrected chi connectivity index (χ2v) is 13.9. The van der Waals surface area contributed by atoms with Crippen molar-refractivity contribution in [3.8, 4) is 0 Å². The predicted octanol–water partition coefficient (Wildman–Crippen LogP) is 7.55. The lowest BCUT2D eigenvalue weighted by atomic mass is 9.63. The number of Topliss-reactive ketones (excluding diaryl/α,β-unsaturated/α-hetero) is 2. The number of carbonyl (C=O) groups excluding carboxylic acids is 2. The van der Waals surface area contributed by atoms with E-state index < -0.39 is 5.92 Å². The number of halogens is 1. The number of allylic oxidation sites excluding steroid dienone is 4. The van der Waals surface area contributed by atoms with Crippen molar-refractivity contribution >= 4 is 22.5 Å². The molecule has 0 saturated heterocycles. The molecule has 0 unspecified atom stereocenters. The molecule has 2 aromatic carbocycles. The van der Waals surface area contributed by atoms with Crippen molar-refractivity contribution in [2.75, 3.05) is 20.3 Å². The van der Waals surface area contributed by atoms with Crippen molar-refractivity contribution in [3.05, 3.63) is 94.2 Å². The van der Waals surface area contributed by atoms with Crippen LogP contribution in [-0.2, 0) is 20.9 Å². The highest BCUT2D eigenvalue weighted by molar-refractivity contribution is 6.08. The molecule has 0 fully saturated rings. The average Bonchev–Trinajstić information content (AvgIpc) is 3.27. The van der Waals surface area contributed by atoms with Gasteiger partial charge in [0, 0.05) is 85.2 Å². The maximum atomic E-state index is 14.2. The summed E-state index contributed by atoms with van der Waals surface area (Å²) in [5.41, 5.74) is 6.45. The number of carbonyl (C=O) groups is 2. The van der Waals surface area contributed by atoms with Crippen molar-refractivity contribution in [3.63, 3.8) is 0 Å². The van der Waals surface area contributed by atoms with Crippen molar-refractivity contribution < 1.29 is 18.7 Å². The summed E-state index contributed by atoms with van der Waals surface area (Å²) in [6.45, 7) is 10.6. The van der Waals surface area contributed by atoms with E-state index in [1.807, 2.05) is 24.3 Å². The smallest absolute Gasteiger partial charge is 0.162 e. The SMILES string of the molecule is COCCCN1C2=C(C(=O)CC(C)(C)C2)C(c2cn(Cc3ccc(F)cc3)c3ccccc23)C2=C1CC(C)(C)CC2=O. The number of methoxy groups -OCH3 is 1. The Labute approximate surface area is 248 Å². The summed E-state index contributed by atoms with van der Waals surface area (Å²) in [4.78, 5) is 30.7. The van der Waals surface area contributed by atoms with Gasteiger partial charge >= 0.3 is 0 Å². The molecule has 6 heteroatoms. The number of ketones is 2. The van der Waals surface area contributed by atoms with Gasteiger partial charge in [-0.3, -0.25) is 9.59 Å². The Morgan fingerprint density at radius 2 is 1.45 bits per heavy atom. The first-order valence-corrected chi connectivity index (χ1v) is 15.1. The molecule has 2 heterocycles. The van der Waals surface area contributed by atoms with Gasteiger partial charge in [-0.2, -0.15) is 0 Å². The Morgan fingerprint density at radius 1 is 0.857 bits per heavy atom. The molecule has 42 heavy (non-hydrogen) atoms. The standard InChI is InChI=1S/C36H41FN2O3/c1-35(2)17-28-33(30(40)19-35)32(34-29(39(28)15-8-16-42-5)18-36(3,4)20-31(34)41)26-22-38(27-10-7-6-9-25(26)27)21-23-11-13-24(37)14-12-23/h6-7,9-14,22,32H,8,15-21H2,1-5H3. The summed E-state index contributed by atoms with van der Waals surface area (Å²) in [5, 5.41) is 1.05. The first-order chi connectivity index (χ1) is 20.0. The monoisotopic (exact) mass is 568 g/mol. The molecule has 2 aliphatic carbocycles. The Kier molecular flexibility index (Phi) is 7.25. The summed E-state index contributed by atoms with van der Waals surface area (Å²) in [7, 11) is 1.71. The third kappa shape index (κ3) is 5.15. The van der Waals surface area contributed by atoms with E-state index in [1.165, 1.54) is 12.1 Å². The highest BCUT2D eigenvalue weighted by Crippen LogP contribution is 2.55. The quantitative estimate of drug-likeness (QED) is 0.276. The number of benzene rings is 2. The van der Waals surface area contributed by atoms with E-state index in [4.69, 9.17) is 4.74 Å². The molecular formula is C36H41FN2O3. The number of rotatable bonds is 7. The zero-order chi connectivity index (χ0) is 29.8. The second-order valence-electron chi connectivity index (χ2n) is 13.9. The summed E-state index contributed by atoms with van der Waals surface area (Å²) < 4.78 is 21.2. The molecule has 3 aromatic rings. The van der Waals surface area contributed by atoms with Crippen LogP contribution in [0.3, 0.4) is 0 Å². The fourth-order valence-electron chi connectivity index (χ4n) is 7.42. The van der Waals surface area contributed by atoms with E-state index in [0.29, 0.717) is 26.0 Å². The fraction of sp³-hybridized carbons (Fsp3) is 0.444. The van der Waals surface area contributed by atoms with Crippen LogP contribution in [-0.4, -0.2) is 41.3 Å². The normalized spacial score (nSPS) is 20.4. The summed E-state index contributed by atoms with van der Waals surface area (Å²) in [6, 6.07) is 14.8. The van der Waals surface area contributed by atoms with Crippen LogP contribution in [0, 0.1) is 16.6 Å². The third-order valence-corrected chi connectivity index (χ3v) is 9.15. The van der Waals surface area contributed by atoms with Crippen LogP contribution in [0.1, 0.15) is 76.8 Å². The zero-order valence-corrected chi connectivity index (χ0v) is 25.4. The molecule has 5 nitrogen and oxygen atoms in total. The van der Waals surface area contributed by atoms with Crippen LogP contribution in [0.5, 0.6) is 0 Å². The average molecular weight is 569 g/mol. The number of aromatic nitrogens is 1. The Bertz CT molecular complexity index is 1570. The predicted molar refractivity (Wildman–Crippen MR) is 163 cm³/mol. The van der Waals surface area contributed by atoms with Gasteiger partial charge in [0.1, 0.15) is 5.82 Å². The first-order valence-electron chi connectivity index (χ1n) is 15.1. The Balaban J connectivity index is 1.58. The summed E-state index contributed by atoms with van der Waals surface area (Å²) >= 11 is 0. The van der Waals surface area contributed by atoms with E-state index in [9.17, 15) is 14.0 Å². The fourth-order valence-corrected chi connectivity index (χ4v) is 7.42. The zero-order valence-electron chi connectivity index (χ0n) is 25.4. The van der Waals surface area contributed by atoms with E-state index in [0.717, 1.165) is 70.4 Å². The van der Waals surface area contributed by atoms with Crippen LogP contribution in [0.4, 0.5) is 4.39 Å². The number of hydrogen-bond acceptors (Lipinski definition) is 4. The van der Waals surface area contributed by atoms with Gasteiger partial charge < -0.3 is 14.2 Å². The molecule has 0 atom stereocenters. The number of para-hydroxylation sites is 1.